The van der Waals surface area contributed by atoms with E-state index in [1.807, 2.05) is 27.2 Å². The molecule has 0 aromatic rings. The van der Waals surface area contributed by atoms with E-state index in [1.54, 1.807) is 6.08 Å². The molecule has 0 aliphatic heterocycles. The minimum absolute atomic E-state index is 0.0589. The Balaban J connectivity index is 4.20. The first-order valence-corrected chi connectivity index (χ1v) is 31.7. The van der Waals surface area contributed by atoms with Crippen molar-refractivity contribution in [1.29, 1.82) is 0 Å². The first-order chi connectivity index (χ1) is 33.5. The van der Waals surface area contributed by atoms with Gasteiger partial charge in [0.05, 0.1) is 39.9 Å². The minimum atomic E-state index is -4.35. The quantitative estimate of drug-likeness (QED) is 0.0243. The summed E-state index contributed by atoms with van der Waals surface area (Å²) in [5.74, 6) is -0.180. The zero-order chi connectivity index (χ0) is 50.6. The second-order valence-electron chi connectivity index (χ2n) is 22.1. The summed E-state index contributed by atoms with van der Waals surface area (Å²) in [6, 6.07) is -0.860. The maximum Gasteiger partial charge on any atom is 0.472 e. The van der Waals surface area contributed by atoms with Crippen molar-refractivity contribution in [2.24, 2.45) is 0 Å². The van der Waals surface area contributed by atoms with Gasteiger partial charge in [0.15, 0.2) is 0 Å². The van der Waals surface area contributed by atoms with Gasteiger partial charge in [-0.05, 0) is 32.1 Å². The number of rotatable bonds is 56. The fraction of sp³-hybridized carbons (Fsp3) is 0.917. The van der Waals surface area contributed by atoms with Crippen LogP contribution in [0.4, 0.5) is 0 Å². The second-order valence-corrected chi connectivity index (χ2v) is 23.5. The molecule has 410 valence electrons. The molecule has 0 saturated heterocycles. The molecule has 3 N–H and O–H groups in total. The number of quaternary nitrogens is 1. The van der Waals surface area contributed by atoms with E-state index in [4.69, 9.17) is 9.05 Å². The molecule has 0 aromatic heterocycles. The fourth-order valence-electron chi connectivity index (χ4n) is 9.18. The average Bonchev–Trinajstić information content (AvgIpc) is 3.31. The highest BCUT2D eigenvalue weighted by atomic mass is 31.2. The van der Waals surface area contributed by atoms with E-state index in [0.717, 1.165) is 38.5 Å². The number of hydrogen-bond acceptors (Lipinski definition) is 5. The van der Waals surface area contributed by atoms with Crippen LogP contribution in [0.15, 0.2) is 24.3 Å². The summed E-state index contributed by atoms with van der Waals surface area (Å²) in [6.07, 6.45) is 65.8. The molecule has 0 saturated carbocycles. The van der Waals surface area contributed by atoms with Crippen LogP contribution in [0.2, 0.25) is 0 Å². The van der Waals surface area contributed by atoms with E-state index < -0.39 is 20.0 Å². The van der Waals surface area contributed by atoms with Crippen molar-refractivity contribution in [3.63, 3.8) is 0 Å². The SMILES string of the molecule is CCCCCCCCCCCCCCCCCCCC/C=C/CC/C=C/C(O)C(COP(=O)(O)OCC[N+](C)(C)C)NC(=O)CCCCCCCCCCCCCCCCCCCCCCCCC. The topological polar surface area (TPSA) is 105 Å². The van der Waals surface area contributed by atoms with Crippen LogP contribution in [0.1, 0.15) is 303 Å². The van der Waals surface area contributed by atoms with Crippen molar-refractivity contribution < 1.29 is 32.9 Å². The lowest BCUT2D eigenvalue weighted by Gasteiger charge is -2.25. The highest BCUT2D eigenvalue weighted by molar-refractivity contribution is 7.47. The molecule has 0 bridgehead atoms. The van der Waals surface area contributed by atoms with Crippen molar-refractivity contribution in [3.05, 3.63) is 24.3 Å². The third-order valence-corrected chi connectivity index (χ3v) is 14.9. The number of unbranched alkanes of at least 4 members (excludes halogenated alkanes) is 41. The molecule has 0 spiro atoms. The predicted molar refractivity (Wildman–Crippen MR) is 300 cm³/mol. The molecule has 69 heavy (non-hydrogen) atoms. The zero-order valence-corrected chi connectivity index (χ0v) is 47.7. The second kappa shape index (κ2) is 51.9. The average molecular weight is 997 g/mol. The van der Waals surface area contributed by atoms with Crippen LogP contribution in [-0.2, 0) is 18.4 Å². The number of nitrogens with zero attached hydrogens (tertiary/aromatic N) is 1. The summed E-state index contributed by atoms with van der Waals surface area (Å²) in [6.45, 7) is 4.85. The number of aliphatic hydroxyl groups is 1. The molecular weight excluding hydrogens is 876 g/mol. The number of likely N-dealkylation sites (N-methyl/N-ethyl adjacent to an activating group) is 1. The van der Waals surface area contributed by atoms with Gasteiger partial charge in [0.25, 0.3) is 0 Å². The van der Waals surface area contributed by atoms with E-state index in [1.165, 1.54) is 244 Å². The number of phosphoric acid groups is 1. The lowest BCUT2D eigenvalue weighted by molar-refractivity contribution is -0.870. The first kappa shape index (κ1) is 68.0. The number of carbonyl (C=O) groups excluding carboxylic acids is 1. The van der Waals surface area contributed by atoms with Crippen molar-refractivity contribution in [1.82, 2.24) is 5.32 Å². The molecule has 0 aliphatic rings. The van der Waals surface area contributed by atoms with Gasteiger partial charge in [-0.25, -0.2) is 4.57 Å². The number of carbonyl (C=O) groups is 1. The normalized spacial score (nSPS) is 14.0. The minimum Gasteiger partial charge on any atom is -0.387 e. The molecule has 0 heterocycles. The van der Waals surface area contributed by atoms with Crippen LogP contribution in [0.5, 0.6) is 0 Å². The Labute approximate surface area is 430 Å². The molecule has 8 nitrogen and oxygen atoms in total. The molecule has 3 unspecified atom stereocenters. The largest absolute Gasteiger partial charge is 0.472 e. The third kappa shape index (κ3) is 54.6. The highest BCUT2D eigenvalue weighted by Crippen LogP contribution is 2.43. The van der Waals surface area contributed by atoms with E-state index >= 15 is 0 Å². The van der Waals surface area contributed by atoms with Crippen molar-refractivity contribution >= 4 is 13.7 Å². The van der Waals surface area contributed by atoms with Gasteiger partial charge in [-0.1, -0.05) is 289 Å². The van der Waals surface area contributed by atoms with Crippen LogP contribution >= 0.6 is 7.82 Å². The summed E-state index contributed by atoms with van der Waals surface area (Å²) in [7, 11) is 1.57. The molecule has 9 heteroatoms. The number of hydrogen-bond donors (Lipinski definition) is 3. The Hall–Kier alpha value is -1.02. The van der Waals surface area contributed by atoms with E-state index in [-0.39, 0.29) is 19.1 Å². The lowest BCUT2D eigenvalue weighted by atomic mass is 10.0. The summed E-state index contributed by atoms with van der Waals surface area (Å²) in [5, 5.41) is 13.9. The van der Waals surface area contributed by atoms with Crippen LogP contribution < -0.4 is 5.32 Å². The molecular formula is C60H120N2O6P+. The smallest absolute Gasteiger partial charge is 0.387 e. The molecule has 3 atom stereocenters. The summed E-state index contributed by atoms with van der Waals surface area (Å²) >= 11 is 0. The van der Waals surface area contributed by atoms with E-state index in [0.29, 0.717) is 17.4 Å². The van der Waals surface area contributed by atoms with Gasteiger partial charge in [0, 0.05) is 6.42 Å². The monoisotopic (exact) mass is 996 g/mol. The lowest BCUT2D eigenvalue weighted by Crippen LogP contribution is -2.45. The maximum atomic E-state index is 13.0. The van der Waals surface area contributed by atoms with Gasteiger partial charge in [0.1, 0.15) is 13.2 Å². The Morgan fingerprint density at radius 1 is 0.478 bits per heavy atom. The summed E-state index contributed by atoms with van der Waals surface area (Å²) < 4.78 is 23.7. The standard InChI is InChI=1S/C60H119N2O6P/c1-6-8-10-12-14-16-18-20-22-24-26-28-30-32-33-35-37-39-41-43-45-47-49-51-53-59(63)58(57-68-69(65,66)67-56-55-62(3,4)5)61-60(64)54-52-50-48-46-44-42-40-38-36-34-31-29-27-25-23-21-19-17-15-13-11-9-7-2/h43,45,51,53,58-59,63H,6-42,44,46-50,52,54-57H2,1-5H3,(H-,61,64,65,66)/p+1/b45-43+,53-51+. The van der Waals surface area contributed by atoms with Crippen molar-refractivity contribution in [2.75, 3.05) is 40.9 Å². The molecule has 0 aliphatic carbocycles. The summed E-state index contributed by atoms with van der Waals surface area (Å²) in [5.41, 5.74) is 0. The molecule has 1 amide bonds. The van der Waals surface area contributed by atoms with E-state index in [2.05, 4.69) is 31.3 Å². The van der Waals surface area contributed by atoms with Crippen molar-refractivity contribution in [2.45, 2.75) is 315 Å². The van der Waals surface area contributed by atoms with Crippen LogP contribution in [-0.4, -0.2) is 73.4 Å². The van der Waals surface area contributed by atoms with Gasteiger partial charge in [-0.3, -0.25) is 13.8 Å². The van der Waals surface area contributed by atoms with Gasteiger partial charge in [0.2, 0.25) is 5.91 Å². The number of nitrogens with one attached hydrogen (secondary N) is 1. The number of amides is 1. The number of phosphoric ester groups is 1. The van der Waals surface area contributed by atoms with Crippen molar-refractivity contribution in [3.8, 4) is 0 Å². The Bertz CT molecular complexity index is 1170. The first-order valence-electron chi connectivity index (χ1n) is 30.2. The number of allylic oxidation sites excluding steroid dienone is 3. The van der Waals surface area contributed by atoms with Crippen LogP contribution in [0, 0.1) is 0 Å². The zero-order valence-electron chi connectivity index (χ0n) is 46.8. The number of aliphatic hydroxyl groups excluding tert-OH is 1. The fourth-order valence-corrected chi connectivity index (χ4v) is 9.92. The van der Waals surface area contributed by atoms with E-state index in [9.17, 15) is 19.4 Å². The highest BCUT2D eigenvalue weighted by Gasteiger charge is 2.27. The van der Waals surface area contributed by atoms with Crippen LogP contribution in [0.25, 0.3) is 0 Å². The Kier molecular flexibility index (Phi) is 51.1. The third-order valence-electron chi connectivity index (χ3n) is 13.9. The molecule has 0 rings (SSSR count). The van der Waals surface area contributed by atoms with Gasteiger partial charge < -0.3 is 19.8 Å². The van der Waals surface area contributed by atoms with Crippen LogP contribution in [0.3, 0.4) is 0 Å². The molecule has 0 radical (unpaired) electrons. The molecule has 0 aromatic carbocycles. The summed E-state index contributed by atoms with van der Waals surface area (Å²) in [4.78, 5) is 23.3. The Morgan fingerprint density at radius 3 is 1.16 bits per heavy atom. The van der Waals surface area contributed by atoms with Gasteiger partial charge in [-0.2, -0.15) is 0 Å². The maximum absolute atomic E-state index is 13.0. The van der Waals surface area contributed by atoms with Gasteiger partial charge >= 0.3 is 7.82 Å². The predicted octanol–water partition coefficient (Wildman–Crippen LogP) is 18.4. The van der Waals surface area contributed by atoms with Gasteiger partial charge in [-0.15, -0.1) is 0 Å². The Morgan fingerprint density at radius 2 is 0.797 bits per heavy atom. The molecule has 0 fully saturated rings.